The third kappa shape index (κ3) is 10.9. The van der Waals surface area contributed by atoms with Crippen LogP contribution in [0.15, 0.2) is 0 Å². The number of amides is 2. The smallest absolute Gasteiger partial charge is 0.217 e. The molecule has 0 aromatic heterocycles. The first-order valence-electron chi connectivity index (χ1n) is 19.4. The van der Waals surface area contributed by atoms with E-state index in [1.807, 2.05) is 0 Å². The molecule has 5 saturated heterocycles. The van der Waals surface area contributed by atoms with E-state index < -0.39 is 192 Å². The monoisotopic (exact) mass is 894 g/mol. The van der Waals surface area contributed by atoms with E-state index in [4.69, 9.17) is 42.6 Å². The van der Waals surface area contributed by atoms with Crippen molar-refractivity contribution in [2.75, 3.05) is 26.4 Å². The summed E-state index contributed by atoms with van der Waals surface area (Å²) in [4.78, 5) is 24.7. The van der Waals surface area contributed by atoms with Gasteiger partial charge in [-0.25, -0.2) is 0 Å². The van der Waals surface area contributed by atoms with Gasteiger partial charge in [-0.2, -0.15) is 0 Å². The molecule has 0 aromatic rings. The fourth-order valence-corrected chi connectivity index (χ4v) is 7.65. The van der Waals surface area contributed by atoms with Gasteiger partial charge in [0.15, 0.2) is 31.5 Å². The number of ether oxygens (including phenoxy) is 9. The summed E-state index contributed by atoms with van der Waals surface area (Å²) in [5, 5.41) is 152. The van der Waals surface area contributed by atoms with Gasteiger partial charge in [0.2, 0.25) is 11.8 Å². The molecule has 5 aliphatic heterocycles. The summed E-state index contributed by atoms with van der Waals surface area (Å²) in [6, 6.07) is -3.19. The minimum atomic E-state index is -2.02. The maximum atomic E-state index is 12.4. The molecular weight excluding hydrogens is 836 g/mol. The van der Waals surface area contributed by atoms with Crippen LogP contribution < -0.4 is 10.6 Å². The standard InChI is InChI=1S/C34H58N2O25/c1-8-17(42)22(47)25(50)32(54-8)61-29-24(49)19(44)12(5-38)58-34(29)60-27-15(35-9(2)40)30(52)55-14(21(27)46)7-53-31-16(36-10(3)41)28(20(45)13(6-39)56-31)59-33-26(51)23(48)18(43)11(4-37)57-33/h8,11-34,37-39,42-52H,4-7H2,1-3H3,(H,35,40)(H,36,41)/t8-,11+,12+,13+,14+,15+,16+,17+,18-,19-,20+,21-,22+,23-,24-,25-,26+,27+,28+,29+,30-,31+,32-,33-,34-/m0/s1. The van der Waals surface area contributed by atoms with E-state index in [2.05, 4.69) is 10.6 Å². The summed E-state index contributed by atoms with van der Waals surface area (Å²) < 4.78 is 51.2. The first-order valence-corrected chi connectivity index (χ1v) is 19.4. The van der Waals surface area contributed by atoms with Gasteiger partial charge in [0.25, 0.3) is 0 Å². The lowest BCUT2D eigenvalue weighted by Crippen LogP contribution is -2.69. The zero-order valence-corrected chi connectivity index (χ0v) is 33.0. The van der Waals surface area contributed by atoms with E-state index in [-0.39, 0.29) is 0 Å². The average molecular weight is 895 g/mol. The highest BCUT2D eigenvalue weighted by atomic mass is 16.8. The van der Waals surface area contributed by atoms with Gasteiger partial charge in [0.05, 0.1) is 32.5 Å². The van der Waals surface area contributed by atoms with Crippen LogP contribution >= 0.6 is 0 Å². The lowest BCUT2D eigenvalue weighted by atomic mass is 9.94. The van der Waals surface area contributed by atoms with Gasteiger partial charge in [0, 0.05) is 13.8 Å². The summed E-state index contributed by atoms with van der Waals surface area (Å²) in [5.74, 6) is -1.52. The van der Waals surface area contributed by atoms with E-state index in [9.17, 15) is 81.1 Å². The molecule has 27 heteroatoms. The fourth-order valence-electron chi connectivity index (χ4n) is 7.65. The molecule has 354 valence electrons. The molecule has 5 aliphatic rings. The lowest BCUT2D eigenvalue weighted by molar-refractivity contribution is -0.381. The first kappa shape index (κ1) is 50.0. The molecule has 0 aliphatic carbocycles. The van der Waals surface area contributed by atoms with Gasteiger partial charge in [-0.05, 0) is 6.92 Å². The van der Waals surface area contributed by atoms with Crippen molar-refractivity contribution in [2.24, 2.45) is 0 Å². The van der Waals surface area contributed by atoms with Crippen molar-refractivity contribution in [2.45, 2.75) is 174 Å². The second kappa shape index (κ2) is 21.3. The first-order chi connectivity index (χ1) is 28.7. The highest BCUT2D eigenvalue weighted by Crippen LogP contribution is 2.34. The van der Waals surface area contributed by atoms with Crippen molar-refractivity contribution < 1.29 is 124 Å². The molecule has 0 unspecified atom stereocenters. The number of nitrogens with one attached hydrogen (secondary N) is 2. The van der Waals surface area contributed by atoms with E-state index >= 15 is 0 Å². The second-order valence-electron chi connectivity index (χ2n) is 15.4. The minimum Gasteiger partial charge on any atom is -0.394 e. The molecule has 0 bridgehead atoms. The molecule has 27 nitrogen and oxygen atoms in total. The molecular formula is C34H58N2O25. The van der Waals surface area contributed by atoms with E-state index in [1.54, 1.807) is 0 Å². The summed E-state index contributed by atoms with van der Waals surface area (Å²) in [6.07, 6.45) is -40.5. The van der Waals surface area contributed by atoms with Crippen LogP contribution in [0.25, 0.3) is 0 Å². The maximum Gasteiger partial charge on any atom is 0.217 e. The van der Waals surface area contributed by atoms with Crippen molar-refractivity contribution >= 4 is 11.8 Å². The van der Waals surface area contributed by atoms with Crippen molar-refractivity contribution in [1.29, 1.82) is 0 Å². The Labute approximate surface area is 346 Å². The minimum absolute atomic E-state index is 0.751. The van der Waals surface area contributed by atoms with Crippen LogP contribution in [0.2, 0.25) is 0 Å². The maximum absolute atomic E-state index is 12.4. The van der Waals surface area contributed by atoms with Gasteiger partial charge >= 0.3 is 0 Å². The third-order valence-electron chi connectivity index (χ3n) is 11.1. The Morgan fingerprint density at radius 3 is 1.46 bits per heavy atom. The molecule has 2 amide bonds. The number of hydrogen-bond donors (Lipinski definition) is 16. The summed E-state index contributed by atoms with van der Waals surface area (Å²) >= 11 is 0. The Balaban J connectivity index is 1.39. The Bertz CT molecular complexity index is 1420. The quantitative estimate of drug-likeness (QED) is 0.0770. The number of hydrogen-bond acceptors (Lipinski definition) is 25. The Morgan fingerprint density at radius 2 is 0.885 bits per heavy atom. The van der Waals surface area contributed by atoms with Crippen molar-refractivity contribution in [1.82, 2.24) is 10.6 Å². The highest BCUT2D eigenvalue weighted by molar-refractivity contribution is 5.73. The second-order valence-corrected chi connectivity index (χ2v) is 15.4. The third-order valence-corrected chi connectivity index (χ3v) is 11.1. The normalized spacial score (nSPS) is 49.6. The molecule has 5 rings (SSSR count). The molecule has 16 N–H and O–H groups in total. The summed E-state index contributed by atoms with van der Waals surface area (Å²) in [6.45, 7) is 0.0398. The van der Waals surface area contributed by atoms with Crippen LogP contribution in [0, 0.1) is 0 Å². The zero-order chi connectivity index (χ0) is 45.2. The van der Waals surface area contributed by atoms with Gasteiger partial charge in [0.1, 0.15) is 116 Å². The van der Waals surface area contributed by atoms with E-state index in [0.717, 1.165) is 13.8 Å². The summed E-state index contributed by atoms with van der Waals surface area (Å²) in [7, 11) is 0. The van der Waals surface area contributed by atoms with Crippen LogP contribution in [-0.2, 0) is 52.2 Å². The molecule has 61 heavy (non-hydrogen) atoms. The molecule has 0 radical (unpaired) electrons. The SMILES string of the molecule is CC(=O)N[C@@H]1[C@@H](O[C@@H]2O[C@H](CO)[C@H](O)[C@H](O)[C@H]2O[C@@H]2O[C@@H](C)[C@@H](O)[C@@H](O)[C@@H]2O)[C@@H](O)[C@@H](CO[C@@H]2O[C@H](CO)[C@@H](O)[C@H](O[C@@H]3O[C@H](CO)[C@H](O)[C@H](O)[C@H]3O)[C@H]2NC(C)=O)O[C@@H]1O. The Morgan fingerprint density at radius 1 is 0.459 bits per heavy atom. The predicted octanol–water partition coefficient (Wildman–Crippen LogP) is -10.6. The predicted molar refractivity (Wildman–Crippen MR) is 188 cm³/mol. The summed E-state index contributed by atoms with van der Waals surface area (Å²) in [5.41, 5.74) is 0. The zero-order valence-electron chi connectivity index (χ0n) is 33.0. The van der Waals surface area contributed by atoms with Crippen molar-refractivity contribution in [3.63, 3.8) is 0 Å². The van der Waals surface area contributed by atoms with Crippen LogP contribution in [0.4, 0.5) is 0 Å². The van der Waals surface area contributed by atoms with Gasteiger partial charge in [-0.1, -0.05) is 0 Å². The van der Waals surface area contributed by atoms with Crippen LogP contribution in [-0.4, -0.2) is 263 Å². The topological polar surface area (TPSA) is 424 Å². The van der Waals surface area contributed by atoms with E-state index in [1.165, 1.54) is 6.92 Å². The van der Waals surface area contributed by atoms with Crippen molar-refractivity contribution in [3.05, 3.63) is 0 Å². The van der Waals surface area contributed by atoms with Gasteiger partial charge < -0.3 is 125 Å². The number of carbonyl (C=O) groups is 2. The number of aliphatic hydroxyl groups is 14. The molecule has 5 heterocycles. The fraction of sp³-hybridized carbons (Fsp3) is 0.941. The highest BCUT2D eigenvalue weighted by Gasteiger charge is 2.56. The van der Waals surface area contributed by atoms with E-state index in [0.29, 0.717) is 0 Å². The lowest BCUT2D eigenvalue weighted by Gasteiger charge is -2.49. The number of carbonyl (C=O) groups excluding carboxylic acids is 2. The van der Waals surface area contributed by atoms with Crippen LogP contribution in [0.3, 0.4) is 0 Å². The van der Waals surface area contributed by atoms with Gasteiger partial charge in [-0.15, -0.1) is 0 Å². The molecule has 0 saturated carbocycles. The Hall–Kier alpha value is -1.98. The molecule has 5 fully saturated rings. The van der Waals surface area contributed by atoms with Crippen LogP contribution in [0.5, 0.6) is 0 Å². The molecule has 0 aromatic carbocycles. The average Bonchev–Trinajstić information content (AvgIpc) is 3.21. The Kier molecular flexibility index (Phi) is 17.5. The molecule has 0 spiro atoms. The number of aliphatic hydroxyl groups excluding tert-OH is 14. The van der Waals surface area contributed by atoms with Gasteiger partial charge in [-0.3, -0.25) is 9.59 Å². The van der Waals surface area contributed by atoms with Crippen LogP contribution in [0.1, 0.15) is 20.8 Å². The largest absolute Gasteiger partial charge is 0.394 e. The van der Waals surface area contributed by atoms with Crippen molar-refractivity contribution in [3.8, 4) is 0 Å². The molecule has 25 atom stereocenters. The number of rotatable bonds is 14.